The van der Waals surface area contributed by atoms with Crippen molar-refractivity contribution in [2.75, 3.05) is 22.2 Å². The van der Waals surface area contributed by atoms with Gasteiger partial charge in [-0.15, -0.1) is 0 Å². The SMILES string of the molecule is C[C@H]1CCCCN1c1nc(N/N=C\c2ccccc2F)nc(Nc2ccccc2F)n1. The first-order chi connectivity index (χ1) is 15.1. The van der Waals surface area contributed by atoms with E-state index in [1.807, 2.05) is 0 Å². The monoisotopic (exact) mass is 423 g/mol. The number of aromatic nitrogens is 3. The van der Waals surface area contributed by atoms with Crippen molar-refractivity contribution in [3.05, 3.63) is 65.7 Å². The number of para-hydroxylation sites is 1. The van der Waals surface area contributed by atoms with Crippen molar-refractivity contribution in [3.8, 4) is 0 Å². The van der Waals surface area contributed by atoms with Gasteiger partial charge >= 0.3 is 0 Å². The van der Waals surface area contributed by atoms with E-state index >= 15 is 0 Å². The molecular weight excluding hydrogens is 400 g/mol. The van der Waals surface area contributed by atoms with Gasteiger partial charge in [-0.05, 0) is 44.4 Å². The molecule has 0 saturated carbocycles. The molecule has 1 aliphatic heterocycles. The van der Waals surface area contributed by atoms with E-state index in [-0.39, 0.29) is 29.4 Å². The van der Waals surface area contributed by atoms with Crippen LogP contribution in [0.1, 0.15) is 31.7 Å². The third-order valence-electron chi connectivity index (χ3n) is 5.08. The summed E-state index contributed by atoms with van der Waals surface area (Å²) in [6, 6.07) is 12.9. The van der Waals surface area contributed by atoms with Crippen LogP contribution in [0.3, 0.4) is 0 Å². The van der Waals surface area contributed by atoms with E-state index in [2.05, 4.69) is 42.6 Å². The van der Waals surface area contributed by atoms with Crippen molar-refractivity contribution in [1.29, 1.82) is 0 Å². The molecule has 2 N–H and O–H groups in total. The third kappa shape index (κ3) is 5.11. The molecule has 31 heavy (non-hydrogen) atoms. The summed E-state index contributed by atoms with van der Waals surface area (Å²) in [4.78, 5) is 15.4. The number of benzene rings is 2. The van der Waals surface area contributed by atoms with Crippen LogP contribution in [-0.2, 0) is 0 Å². The van der Waals surface area contributed by atoms with Crippen LogP contribution in [0.25, 0.3) is 0 Å². The van der Waals surface area contributed by atoms with Gasteiger partial charge < -0.3 is 10.2 Å². The predicted octanol–water partition coefficient (Wildman–Crippen LogP) is 4.72. The van der Waals surface area contributed by atoms with Gasteiger partial charge in [-0.2, -0.15) is 20.1 Å². The standard InChI is InChI=1S/C22H23F2N7/c1-15-8-6-7-13-31(15)22-28-20(26-19-12-5-4-11-18(19)24)27-21(29-22)30-25-14-16-9-2-3-10-17(16)23/h2-5,9-12,14-15H,6-8,13H2,1H3,(H2,26,27,28,29,30)/b25-14-/t15-/m0/s1. The lowest BCUT2D eigenvalue weighted by molar-refractivity contribution is 0.477. The zero-order chi connectivity index (χ0) is 21.6. The first-order valence-electron chi connectivity index (χ1n) is 10.2. The Morgan fingerprint density at radius 1 is 0.968 bits per heavy atom. The molecule has 9 heteroatoms. The second kappa shape index (κ2) is 9.46. The van der Waals surface area contributed by atoms with Gasteiger partial charge in [-0.25, -0.2) is 14.2 Å². The molecular formula is C22H23F2N7. The Hall–Kier alpha value is -3.62. The minimum atomic E-state index is -0.414. The molecule has 0 amide bonds. The normalized spacial score (nSPS) is 16.5. The maximum absolute atomic E-state index is 14.1. The van der Waals surface area contributed by atoms with Gasteiger partial charge in [0, 0.05) is 18.2 Å². The van der Waals surface area contributed by atoms with Gasteiger partial charge in [0.15, 0.2) is 0 Å². The topological polar surface area (TPSA) is 78.3 Å². The Morgan fingerprint density at radius 2 is 1.71 bits per heavy atom. The average Bonchev–Trinajstić information content (AvgIpc) is 2.77. The van der Waals surface area contributed by atoms with Crippen molar-refractivity contribution < 1.29 is 8.78 Å². The highest BCUT2D eigenvalue weighted by molar-refractivity contribution is 5.80. The second-order valence-corrected chi connectivity index (χ2v) is 7.32. The van der Waals surface area contributed by atoms with Crippen molar-refractivity contribution in [3.63, 3.8) is 0 Å². The van der Waals surface area contributed by atoms with E-state index in [0.717, 1.165) is 25.8 Å². The number of hydrazone groups is 1. The molecule has 160 valence electrons. The summed E-state index contributed by atoms with van der Waals surface area (Å²) >= 11 is 0. The fraction of sp³-hybridized carbons (Fsp3) is 0.273. The number of hydrogen-bond donors (Lipinski definition) is 2. The number of anilines is 4. The van der Waals surface area contributed by atoms with Crippen molar-refractivity contribution >= 4 is 29.7 Å². The molecule has 0 radical (unpaired) electrons. The molecule has 1 atom stereocenters. The molecule has 3 aromatic rings. The second-order valence-electron chi connectivity index (χ2n) is 7.32. The minimum Gasteiger partial charge on any atom is -0.338 e. The number of nitrogens with one attached hydrogen (secondary N) is 2. The van der Waals surface area contributed by atoms with Gasteiger partial charge in [0.1, 0.15) is 11.6 Å². The van der Waals surface area contributed by atoms with Crippen LogP contribution in [0, 0.1) is 11.6 Å². The molecule has 0 bridgehead atoms. The first kappa shape index (κ1) is 20.6. The summed E-state index contributed by atoms with van der Waals surface area (Å²) in [5.41, 5.74) is 3.32. The minimum absolute atomic E-state index is 0.175. The molecule has 2 aromatic carbocycles. The van der Waals surface area contributed by atoms with Crippen LogP contribution in [0.15, 0.2) is 53.6 Å². The molecule has 1 aromatic heterocycles. The average molecular weight is 423 g/mol. The zero-order valence-electron chi connectivity index (χ0n) is 17.1. The molecule has 7 nitrogen and oxygen atoms in total. The Morgan fingerprint density at radius 3 is 2.48 bits per heavy atom. The maximum atomic E-state index is 14.1. The number of piperidine rings is 1. The van der Waals surface area contributed by atoms with E-state index in [0.29, 0.717) is 11.5 Å². The highest BCUT2D eigenvalue weighted by Gasteiger charge is 2.22. The van der Waals surface area contributed by atoms with Crippen LogP contribution in [0.2, 0.25) is 0 Å². The molecule has 0 spiro atoms. The van der Waals surface area contributed by atoms with E-state index < -0.39 is 5.82 Å². The lowest BCUT2D eigenvalue weighted by Gasteiger charge is -2.33. The highest BCUT2D eigenvalue weighted by Crippen LogP contribution is 2.25. The Labute approximate surface area is 179 Å². The summed E-state index contributed by atoms with van der Waals surface area (Å²) < 4.78 is 27.9. The van der Waals surface area contributed by atoms with Gasteiger partial charge in [0.2, 0.25) is 17.8 Å². The Balaban J connectivity index is 1.62. The quantitative estimate of drug-likeness (QED) is 0.441. The van der Waals surface area contributed by atoms with Gasteiger partial charge in [-0.1, -0.05) is 30.3 Å². The number of rotatable bonds is 6. The van der Waals surface area contributed by atoms with Crippen molar-refractivity contribution in [2.45, 2.75) is 32.2 Å². The first-order valence-corrected chi connectivity index (χ1v) is 10.2. The van der Waals surface area contributed by atoms with E-state index in [4.69, 9.17) is 0 Å². The van der Waals surface area contributed by atoms with E-state index in [1.165, 1.54) is 18.3 Å². The van der Waals surface area contributed by atoms with Gasteiger partial charge in [0.25, 0.3) is 0 Å². The number of hydrogen-bond acceptors (Lipinski definition) is 7. The van der Waals surface area contributed by atoms with Crippen LogP contribution < -0.4 is 15.6 Å². The fourth-order valence-electron chi connectivity index (χ4n) is 3.42. The molecule has 1 aliphatic rings. The molecule has 1 saturated heterocycles. The summed E-state index contributed by atoms with van der Waals surface area (Å²) in [6.45, 7) is 2.94. The molecule has 0 aliphatic carbocycles. The summed E-state index contributed by atoms with van der Waals surface area (Å²) in [5.74, 6) is 0.0478. The molecule has 1 fully saturated rings. The highest BCUT2D eigenvalue weighted by atomic mass is 19.1. The lowest BCUT2D eigenvalue weighted by atomic mass is 10.0. The van der Waals surface area contributed by atoms with Crippen molar-refractivity contribution in [1.82, 2.24) is 15.0 Å². The maximum Gasteiger partial charge on any atom is 0.250 e. The molecule has 0 unspecified atom stereocenters. The van der Waals surface area contributed by atoms with E-state index in [9.17, 15) is 8.78 Å². The Kier molecular flexibility index (Phi) is 6.30. The molecule has 4 rings (SSSR count). The van der Waals surface area contributed by atoms with Crippen LogP contribution in [-0.4, -0.2) is 33.8 Å². The number of halogens is 2. The summed E-state index contributed by atoms with van der Waals surface area (Å²) in [7, 11) is 0. The van der Waals surface area contributed by atoms with E-state index in [1.54, 1.807) is 36.4 Å². The molecule has 2 heterocycles. The fourth-order valence-corrected chi connectivity index (χ4v) is 3.42. The summed E-state index contributed by atoms with van der Waals surface area (Å²) in [5, 5.41) is 6.96. The van der Waals surface area contributed by atoms with Crippen molar-refractivity contribution in [2.24, 2.45) is 5.10 Å². The lowest BCUT2D eigenvalue weighted by Crippen LogP contribution is -2.38. The smallest absolute Gasteiger partial charge is 0.250 e. The van der Waals surface area contributed by atoms with Gasteiger partial charge in [-0.3, -0.25) is 0 Å². The van der Waals surface area contributed by atoms with Crippen LogP contribution >= 0.6 is 0 Å². The largest absolute Gasteiger partial charge is 0.338 e. The predicted molar refractivity (Wildman–Crippen MR) is 118 cm³/mol. The summed E-state index contributed by atoms with van der Waals surface area (Å²) in [6.07, 6.45) is 4.59. The van der Waals surface area contributed by atoms with Gasteiger partial charge in [0.05, 0.1) is 11.9 Å². The zero-order valence-corrected chi connectivity index (χ0v) is 17.1. The van der Waals surface area contributed by atoms with Crippen LogP contribution in [0.5, 0.6) is 0 Å². The number of nitrogens with zero attached hydrogens (tertiary/aromatic N) is 5. The van der Waals surface area contributed by atoms with Crippen LogP contribution in [0.4, 0.5) is 32.3 Å². The Bertz CT molecular complexity index is 1070. The third-order valence-corrected chi connectivity index (χ3v) is 5.08.